The van der Waals surface area contributed by atoms with Crippen molar-refractivity contribution in [3.63, 3.8) is 0 Å². The molecule has 0 radical (unpaired) electrons. The normalized spacial score (nSPS) is 22.9. The van der Waals surface area contributed by atoms with E-state index in [-0.39, 0.29) is 17.9 Å². The Kier molecular flexibility index (Phi) is 5.53. The zero-order valence-corrected chi connectivity index (χ0v) is 19.2. The van der Waals surface area contributed by atoms with Gasteiger partial charge in [0, 0.05) is 38.3 Å². The van der Waals surface area contributed by atoms with Crippen molar-refractivity contribution in [2.24, 2.45) is 0 Å². The maximum atomic E-state index is 14.1. The Bertz CT molecular complexity index is 1190. The fraction of sp³-hybridized carbons (Fsp3) is 0.400. The van der Waals surface area contributed by atoms with E-state index in [2.05, 4.69) is 4.90 Å². The van der Waals surface area contributed by atoms with E-state index in [1.54, 1.807) is 36.1 Å². The van der Waals surface area contributed by atoms with Crippen molar-refractivity contribution in [3.05, 3.63) is 64.8 Å². The first-order valence-electron chi connectivity index (χ1n) is 11.5. The lowest BCUT2D eigenvalue weighted by Gasteiger charge is -2.37. The van der Waals surface area contributed by atoms with Crippen LogP contribution in [0.15, 0.2) is 52.1 Å². The van der Waals surface area contributed by atoms with E-state index in [0.717, 1.165) is 0 Å². The Balaban J connectivity index is 1.66. The quantitative estimate of drug-likeness (QED) is 0.651. The van der Waals surface area contributed by atoms with Crippen LogP contribution >= 0.6 is 0 Å². The number of aryl methyl sites for hydroxylation is 1. The molecular weight excluding hydrogens is 438 g/mol. The van der Waals surface area contributed by atoms with Crippen LogP contribution in [0, 0.1) is 6.92 Å². The Hall–Kier alpha value is -3.43. The number of benzene rings is 1. The highest BCUT2D eigenvalue weighted by Crippen LogP contribution is 2.53. The van der Waals surface area contributed by atoms with Gasteiger partial charge in [-0.3, -0.25) is 19.3 Å². The fourth-order valence-corrected chi connectivity index (χ4v) is 5.23. The topological polar surface area (TPSA) is 104 Å². The second kappa shape index (κ2) is 8.41. The van der Waals surface area contributed by atoms with Crippen LogP contribution in [0.5, 0.6) is 0 Å². The van der Waals surface area contributed by atoms with Gasteiger partial charge in [-0.15, -0.1) is 0 Å². The van der Waals surface area contributed by atoms with Gasteiger partial charge < -0.3 is 24.1 Å². The molecule has 1 N–H and O–H groups in total. The van der Waals surface area contributed by atoms with E-state index in [0.29, 0.717) is 56.4 Å². The summed E-state index contributed by atoms with van der Waals surface area (Å²) in [7, 11) is 0. The van der Waals surface area contributed by atoms with E-state index >= 15 is 0 Å². The smallest absolute Gasteiger partial charge is 0.290 e. The molecule has 9 nitrogen and oxygen atoms in total. The number of ketones is 1. The van der Waals surface area contributed by atoms with Gasteiger partial charge in [0.15, 0.2) is 17.1 Å². The summed E-state index contributed by atoms with van der Waals surface area (Å²) >= 11 is 0. The van der Waals surface area contributed by atoms with Crippen molar-refractivity contribution < 1.29 is 28.6 Å². The monoisotopic (exact) mass is 465 g/mol. The molecule has 9 heteroatoms. The first kappa shape index (κ1) is 22.4. The summed E-state index contributed by atoms with van der Waals surface area (Å²) in [6.45, 7) is 7.13. The average Bonchev–Trinajstić information content (AvgIpc) is 3.46. The second-order valence-electron chi connectivity index (χ2n) is 8.65. The fourth-order valence-electron chi connectivity index (χ4n) is 5.23. The number of morpholine rings is 1. The highest BCUT2D eigenvalue weighted by Gasteiger charge is 2.65. The number of carbonyl (C=O) groups is 3. The summed E-state index contributed by atoms with van der Waals surface area (Å²) < 4.78 is 10.9. The van der Waals surface area contributed by atoms with Crippen LogP contribution in [-0.4, -0.2) is 78.4 Å². The summed E-state index contributed by atoms with van der Waals surface area (Å²) in [6.07, 6.45) is 0. The van der Waals surface area contributed by atoms with Gasteiger partial charge in [-0.25, -0.2) is 0 Å². The van der Waals surface area contributed by atoms with Crippen molar-refractivity contribution >= 4 is 23.3 Å². The zero-order valence-electron chi connectivity index (χ0n) is 19.2. The van der Waals surface area contributed by atoms with Gasteiger partial charge in [0.1, 0.15) is 5.76 Å². The van der Waals surface area contributed by atoms with Crippen LogP contribution in [0.1, 0.15) is 28.8 Å². The summed E-state index contributed by atoms with van der Waals surface area (Å²) in [6, 6.07) is 10.3. The number of furan rings is 1. The first-order chi connectivity index (χ1) is 16.4. The summed E-state index contributed by atoms with van der Waals surface area (Å²) in [5.41, 5.74) is -0.873. The molecule has 0 saturated carbocycles. The molecule has 3 aliphatic rings. The number of likely N-dealkylation sites (N-methyl/N-ethyl adjacent to an activating group) is 1. The standard InChI is InChI=1S/C25H27N3O6/c1-3-27-18-7-5-4-6-17(18)25(24(27)32)20(21(29)19-9-8-16(2)34-19)22(30)23(31)28(25)11-10-26-12-14-33-15-13-26/h4-9,30H,3,10-15H2,1-2H3/t25-/m1/s1. The van der Waals surface area contributed by atoms with Gasteiger partial charge in [0.2, 0.25) is 5.78 Å². The maximum absolute atomic E-state index is 14.1. The predicted octanol–water partition coefficient (Wildman–Crippen LogP) is 2.02. The van der Waals surface area contributed by atoms with Crippen LogP contribution in [0.2, 0.25) is 0 Å². The van der Waals surface area contributed by atoms with E-state index in [4.69, 9.17) is 9.15 Å². The number of para-hydroxylation sites is 1. The van der Waals surface area contributed by atoms with Crippen LogP contribution in [0.25, 0.3) is 0 Å². The lowest BCUT2D eigenvalue weighted by molar-refractivity contribution is -0.140. The largest absolute Gasteiger partial charge is 0.503 e. The molecule has 178 valence electrons. The molecule has 34 heavy (non-hydrogen) atoms. The van der Waals surface area contributed by atoms with E-state index in [1.165, 1.54) is 11.0 Å². The van der Waals surface area contributed by atoms with Crippen molar-refractivity contribution in [2.45, 2.75) is 19.4 Å². The number of Topliss-reactive ketones (excluding diaryl/α,β-unsaturated/α-hetero) is 1. The van der Waals surface area contributed by atoms with Crippen molar-refractivity contribution in [3.8, 4) is 0 Å². The number of aliphatic hydroxyl groups is 1. The third-order valence-corrected chi connectivity index (χ3v) is 6.84. The lowest BCUT2D eigenvalue weighted by Crippen LogP contribution is -2.56. The van der Waals surface area contributed by atoms with Crippen LogP contribution in [0.3, 0.4) is 0 Å². The number of rotatable bonds is 6. The Morgan fingerprint density at radius 3 is 2.50 bits per heavy atom. The minimum Gasteiger partial charge on any atom is -0.503 e. The third kappa shape index (κ3) is 3.11. The van der Waals surface area contributed by atoms with Crippen molar-refractivity contribution in [2.75, 3.05) is 50.8 Å². The molecule has 0 unspecified atom stereocenters. The minimum atomic E-state index is -1.75. The number of hydrogen-bond acceptors (Lipinski definition) is 7. The zero-order chi connectivity index (χ0) is 24.0. The predicted molar refractivity (Wildman–Crippen MR) is 123 cm³/mol. The lowest BCUT2D eigenvalue weighted by atomic mass is 9.81. The molecule has 0 aliphatic carbocycles. The van der Waals surface area contributed by atoms with Crippen LogP contribution in [-0.2, 0) is 19.9 Å². The Morgan fingerprint density at radius 2 is 1.82 bits per heavy atom. The van der Waals surface area contributed by atoms with E-state index in [9.17, 15) is 19.5 Å². The molecule has 1 saturated heterocycles. The van der Waals surface area contributed by atoms with Crippen molar-refractivity contribution in [1.29, 1.82) is 0 Å². The molecule has 1 spiro atoms. The molecule has 1 atom stereocenters. The SMILES string of the molecule is CCN1C(=O)[C@]2(C(C(=O)c3ccc(C)o3)=C(O)C(=O)N2CCN2CCOCC2)c2ccccc21. The van der Waals surface area contributed by atoms with Crippen molar-refractivity contribution in [1.82, 2.24) is 9.80 Å². The Labute approximate surface area is 197 Å². The molecular formula is C25H27N3O6. The summed E-state index contributed by atoms with van der Waals surface area (Å²) in [4.78, 5) is 46.3. The molecule has 5 rings (SSSR count). The molecule has 1 aromatic heterocycles. The second-order valence-corrected chi connectivity index (χ2v) is 8.65. The Morgan fingerprint density at radius 1 is 1.09 bits per heavy atom. The summed E-state index contributed by atoms with van der Waals surface area (Å²) in [5, 5.41) is 11.1. The number of carbonyl (C=O) groups excluding carboxylic acids is 3. The molecule has 1 fully saturated rings. The number of fused-ring (bicyclic) bond motifs is 2. The average molecular weight is 466 g/mol. The molecule has 2 aromatic rings. The molecule has 4 heterocycles. The first-order valence-corrected chi connectivity index (χ1v) is 11.5. The van der Waals surface area contributed by atoms with Gasteiger partial charge in [-0.1, -0.05) is 18.2 Å². The summed E-state index contributed by atoms with van der Waals surface area (Å²) in [5.74, 6) is -2.06. The number of hydrogen-bond donors (Lipinski definition) is 1. The minimum absolute atomic E-state index is 0.0264. The number of ether oxygens (including phenoxy) is 1. The molecule has 2 amide bonds. The van der Waals surface area contributed by atoms with Gasteiger partial charge in [-0.2, -0.15) is 0 Å². The molecule has 1 aromatic carbocycles. The van der Waals surface area contributed by atoms with Gasteiger partial charge in [0.05, 0.1) is 24.5 Å². The third-order valence-electron chi connectivity index (χ3n) is 6.84. The number of aliphatic hydroxyl groups excluding tert-OH is 1. The van der Waals surface area contributed by atoms with Crippen LogP contribution in [0.4, 0.5) is 5.69 Å². The van der Waals surface area contributed by atoms with Gasteiger partial charge >= 0.3 is 0 Å². The number of nitrogens with zero attached hydrogens (tertiary/aromatic N) is 3. The van der Waals surface area contributed by atoms with Crippen LogP contribution < -0.4 is 4.90 Å². The number of anilines is 1. The highest BCUT2D eigenvalue weighted by molar-refractivity contribution is 6.25. The van der Waals surface area contributed by atoms with E-state index in [1.807, 2.05) is 13.0 Å². The van der Waals surface area contributed by atoms with Gasteiger partial charge in [0.25, 0.3) is 11.8 Å². The van der Waals surface area contributed by atoms with E-state index < -0.39 is 28.9 Å². The molecule has 0 bridgehead atoms. The number of amides is 2. The molecule has 3 aliphatic heterocycles. The highest BCUT2D eigenvalue weighted by atomic mass is 16.5. The maximum Gasteiger partial charge on any atom is 0.290 e. The van der Waals surface area contributed by atoms with Gasteiger partial charge in [-0.05, 0) is 32.0 Å².